The van der Waals surface area contributed by atoms with Gasteiger partial charge in [0.15, 0.2) is 0 Å². The molecule has 128 valence electrons. The van der Waals surface area contributed by atoms with Gasteiger partial charge in [0.25, 0.3) is 5.82 Å². The molecule has 0 unspecified atom stereocenters. The molecule has 3 heterocycles. The number of carboxylic acid groups (broad SMARTS) is 1. The number of alkyl halides is 3. The van der Waals surface area contributed by atoms with Crippen LogP contribution in [0, 0.1) is 0 Å². The molecule has 10 heteroatoms. The number of nitrogens with one attached hydrogen (secondary N) is 2. The molecule has 0 fully saturated rings. The molecule has 0 radical (unpaired) electrons. The molecule has 3 aromatic rings. The van der Waals surface area contributed by atoms with Crippen LogP contribution in [0.5, 0.6) is 0 Å². The quantitative estimate of drug-likeness (QED) is 0.661. The van der Waals surface area contributed by atoms with Crippen molar-refractivity contribution in [3.05, 3.63) is 53.6 Å². The van der Waals surface area contributed by atoms with Crippen molar-refractivity contribution in [2.75, 3.05) is 5.32 Å². The molecule has 1 aliphatic heterocycles. The highest BCUT2D eigenvalue weighted by Crippen LogP contribution is 2.35. The Balaban J connectivity index is 1.91. The van der Waals surface area contributed by atoms with Gasteiger partial charge in [-0.25, -0.2) is 9.48 Å². The molecule has 1 atom stereocenters. The standard InChI is InChI=1S/C15H10F3N5O2/c16-15(17,18)13-21-14-20-10(12(24)25)5-11(23(14)22-13)8-6-19-9-4-2-1-3-7(8)9/h1-6,11,19H,(H,24,25)(H,20,21,22)/t11-/m1/s1. The fourth-order valence-corrected chi connectivity index (χ4v) is 2.80. The van der Waals surface area contributed by atoms with Gasteiger partial charge in [-0.1, -0.05) is 18.2 Å². The van der Waals surface area contributed by atoms with E-state index >= 15 is 0 Å². The van der Waals surface area contributed by atoms with Gasteiger partial charge in [0, 0.05) is 22.7 Å². The molecule has 1 aromatic carbocycles. The van der Waals surface area contributed by atoms with E-state index in [-0.39, 0.29) is 11.6 Å². The molecule has 3 N–H and O–H groups in total. The second-order valence-electron chi connectivity index (χ2n) is 5.45. The first kappa shape index (κ1) is 15.2. The van der Waals surface area contributed by atoms with Crippen LogP contribution >= 0.6 is 0 Å². The zero-order valence-corrected chi connectivity index (χ0v) is 12.4. The molecule has 0 saturated heterocycles. The number of H-pyrrole nitrogens is 1. The van der Waals surface area contributed by atoms with Gasteiger partial charge in [-0.3, -0.25) is 0 Å². The topological polar surface area (TPSA) is 95.8 Å². The number of nitrogens with zero attached hydrogens (tertiary/aromatic N) is 3. The monoisotopic (exact) mass is 349 g/mol. The summed E-state index contributed by atoms with van der Waals surface area (Å²) in [6, 6.07) is 6.35. The predicted octanol–water partition coefficient (Wildman–Crippen LogP) is 2.76. The largest absolute Gasteiger partial charge is 0.477 e. The van der Waals surface area contributed by atoms with Crippen LogP contribution in [0.4, 0.5) is 19.1 Å². The summed E-state index contributed by atoms with van der Waals surface area (Å²) in [4.78, 5) is 17.7. The van der Waals surface area contributed by atoms with Crippen LogP contribution in [-0.4, -0.2) is 30.8 Å². The first-order chi connectivity index (χ1) is 11.8. The Morgan fingerprint density at radius 2 is 2.04 bits per heavy atom. The number of hydrogen-bond donors (Lipinski definition) is 3. The number of aromatic nitrogens is 4. The maximum atomic E-state index is 12.9. The van der Waals surface area contributed by atoms with Crippen molar-refractivity contribution >= 4 is 22.8 Å². The van der Waals surface area contributed by atoms with Crippen molar-refractivity contribution in [3.8, 4) is 0 Å². The third-order valence-corrected chi connectivity index (χ3v) is 3.89. The third kappa shape index (κ3) is 2.42. The Kier molecular flexibility index (Phi) is 3.11. The average molecular weight is 349 g/mol. The summed E-state index contributed by atoms with van der Waals surface area (Å²) in [6.45, 7) is 0. The molecular weight excluding hydrogens is 339 g/mol. The van der Waals surface area contributed by atoms with E-state index in [2.05, 4.69) is 20.4 Å². The number of aromatic amines is 1. The van der Waals surface area contributed by atoms with E-state index in [4.69, 9.17) is 0 Å². The number of halogens is 3. The summed E-state index contributed by atoms with van der Waals surface area (Å²) in [6.07, 6.45) is -1.81. The van der Waals surface area contributed by atoms with Crippen LogP contribution in [-0.2, 0) is 11.0 Å². The van der Waals surface area contributed by atoms with Crippen molar-refractivity contribution in [1.29, 1.82) is 0 Å². The molecule has 25 heavy (non-hydrogen) atoms. The Morgan fingerprint density at radius 3 is 2.76 bits per heavy atom. The molecule has 0 spiro atoms. The number of para-hydroxylation sites is 1. The molecule has 0 saturated carbocycles. The number of carboxylic acids is 1. The summed E-state index contributed by atoms with van der Waals surface area (Å²) >= 11 is 0. The fourth-order valence-electron chi connectivity index (χ4n) is 2.80. The van der Waals surface area contributed by atoms with E-state index in [1.807, 2.05) is 12.1 Å². The van der Waals surface area contributed by atoms with Crippen LogP contribution in [0.3, 0.4) is 0 Å². The lowest BCUT2D eigenvalue weighted by Crippen LogP contribution is -2.24. The van der Waals surface area contributed by atoms with Crippen molar-refractivity contribution in [3.63, 3.8) is 0 Å². The zero-order valence-electron chi connectivity index (χ0n) is 12.4. The SMILES string of the molecule is O=C(O)C1=C[C@H](c2c[nH]c3ccccc23)n2nc(C(F)(F)F)nc2N1. The van der Waals surface area contributed by atoms with E-state index in [0.29, 0.717) is 5.56 Å². The predicted molar refractivity (Wildman–Crippen MR) is 80.8 cm³/mol. The summed E-state index contributed by atoms with van der Waals surface area (Å²) in [5.74, 6) is -2.91. The Morgan fingerprint density at radius 1 is 1.28 bits per heavy atom. The molecule has 4 rings (SSSR count). The zero-order chi connectivity index (χ0) is 17.8. The minimum atomic E-state index is -4.74. The van der Waals surface area contributed by atoms with Gasteiger partial charge in [0.2, 0.25) is 5.95 Å². The average Bonchev–Trinajstić information content (AvgIpc) is 3.17. The molecule has 1 aliphatic rings. The highest BCUT2D eigenvalue weighted by Gasteiger charge is 2.39. The molecule has 0 bridgehead atoms. The molecule has 2 aromatic heterocycles. The first-order valence-electron chi connectivity index (χ1n) is 7.16. The molecular formula is C15H10F3N5O2. The first-order valence-corrected chi connectivity index (χ1v) is 7.16. The highest BCUT2D eigenvalue weighted by molar-refractivity contribution is 5.91. The third-order valence-electron chi connectivity index (χ3n) is 3.89. The summed E-state index contributed by atoms with van der Waals surface area (Å²) < 4.78 is 39.9. The maximum Gasteiger partial charge on any atom is 0.453 e. The summed E-state index contributed by atoms with van der Waals surface area (Å²) in [5, 5.41) is 15.9. The number of carbonyl (C=O) groups is 1. The van der Waals surface area contributed by atoms with Gasteiger partial charge < -0.3 is 15.4 Å². The minimum absolute atomic E-state index is 0.260. The molecule has 0 aliphatic carbocycles. The lowest BCUT2D eigenvalue weighted by molar-refractivity contribution is -0.145. The Hall–Kier alpha value is -3.30. The second-order valence-corrected chi connectivity index (χ2v) is 5.45. The van der Waals surface area contributed by atoms with E-state index in [9.17, 15) is 23.1 Å². The molecule has 7 nitrogen and oxygen atoms in total. The van der Waals surface area contributed by atoms with Crippen molar-refractivity contribution in [2.24, 2.45) is 0 Å². The van der Waals surface area contributed by atoms with E-state index in [1.165, 1.54) is 6.08 Å². The van der Waals surface area contributed by atoms with Gasteiger partial charge >= 0.3 is 12.1 Å². The van der Waals surface area contributed by atoms with Crippen LogP contribution in [0.25, 0.3) is 10.9 Å². The minimum Gasteiger partial charge on any atom is -0.477 e. The Labute approximate surface area is 137 Å². The van der Waals surface area contributed by atoms with Crippen LogP contribution in [0.15, 0.2) is 42.2 Å². The number of anilines is 1. The summed E-state index contributed by atoms with van der Waals surface area (Å²) in [5.41, 5.74) is 1.11. The highest BCUT2D eigenvalue weighted by atomic mass is 19.4. The van der Waals surface area contributed by atoms with Gasteiger partial charge in [-0.2, -0.15) is 18.2 Å². The number of hydrogen-bond acceptors (Lipinski definition) is 4. The second kappa shape index (κ2) is 5.10. The van der Waals surface area contributed by atoms with Crippen LogP contribution in [0.2, 0.25) is 0 Å². The smallest absolute Gasteiger partial charge is 0.453 e. The maximum absolute atomic E-state index is 12.9. The number of rotatable bonds is 2. The molecule has 0 amide bonds. The van der Waals surface area contributed by atoms with Gasteiger partial charge in [-0.15, -0.1) is 5.10 Å². The van der Waals surface area contributed by atoms with Crippen molar-refractivity contribution in [2.45, 2.75) is 12.2 Å². The lowest BCUT2D eigenvalue weighted by atomic mass is 10.0. The number of aliphatic carboxylic acids is 1. The summed E-state index contributed by atoms with van der Waals surface area (Å²) in [7, 11) is 0. The van der Waals surface area contributed by atoms with Crippen molar-refractivity contribution in [1.82, 2.24) is 19.7 Å². The van der Waals surface area contributed by atoms with Crippen LogP contribution in [0.1, 0.15) is 17.4 Å². The van der Waals surface area contributed by atoms with E-state index in [1.54, 1.807) is 18.3 Å². The number of allylic oxidation sites excluding steroid dienone is 1. The van der Waals surface area contributed by atoms with Crippen LogP contribution < -0.4 is 5.32 Å². The van der Waals surface area contributed by atoms with Crippen molar-refractivity contribution < 1.29 is 23.1 Å². The van der Waals surface area contributed by atoms with E-state index in [0.717, 1.165) is 15.6 Å². The number of fused-ring (bicyclic) bond motifs is 2. The van der Waals surface area contributed by atoms with Gasteiger partial charge in [-0.05, 0) is 12.1 Å². The lowest BCUT2D eigenvalue weighted by Gasteiger charge is -2.21. The van der Waals surface area contributed by atoms with E-state index < -0.39 is 24.0 Å². The van der Waals surface area contributed by atoms with Gasteiger partial charge in [0.05, 0.1) is 0 Å². The number of benzene rings is 1. The van der Waals surface area contributed by atoms with Gasteiger partial charge in [0.1, 0.15) is 11.7 Å². The fraction of sp³-hybridized carbons (Fsp3) is 0.133. The Bertz CT molecular complexity index is 1020. The normalized spacial score (nSPS) is 17.1.